The Hall–Kier alpha value is -2.94. The van der Waals surface area contributed by atoms with Gasteiger partial charge in [-0.1, -0.05) is 0 Å². The standard InChI is InChI=1S/C18H24N6O3/c1-23(2)18-20-8-6-16(22-18)24-10-13(15(11-24)27-4)21-17(25)12-9-19-7-5-14(12)26-3/h5-9,13,15H,10-11H2,1-4H3,(H,21,25)/t13-,15+/m0/s1. The summed E-state index contributed by atoms with van der Waals surface area (Å²) >= 11 is 0. The number of carbonyl (C=O) groups is 1. The number of amides is 1. The summed E-state index contributed by atoms with van der Waals surface area (Å²) in [5, 5.41) is 3.03. The largest absolute Gasteiger partial charge is 0.496 e. The fourth-order valence-electron chi connectivity index (χ4n) is 3.05. The van der Waals surface area contributed by atoms with Gasteiger partial charge in [0.1, 0.15) is 11.6 Å². The molecule has 0 radical (unpaired) electrons. The maximum Gasteiger partial charge on any atom is 0.256 e. The van der Waals surface area contributed by atoms with Crippen LogP contribution < -0.4 is 19.9 Å². The van der Waals surface area contributed by atoms with Gasteiger partial charge in [-0.3, -0.25) is 9.78 Å². The molecule has 2 aromatic rings. The molecule has 2 atom stereocenters. The second-order valence-corrected chi connectivity index (χ2v) is 6.44. The Morgan fingerprint density at radius 3 is 2.78 bits per heavy atom. The smallest absolute Gasteiger partial charge is 0.256 e. The molecule has 0 bridgehead atoms. The van der Waals surface area contributed by atoms with E-state index in [1.54, 1.807) is 25.6 Å². The SMILES string of the molecule is COc1ccncc1C(=O)N[C@H]1CN(c2ccnc(N(C)C)n2)C[C@H]1OC. The number of nitrogens with one attached hydrogen (secondary N) is 1. The molecule has 27 heavy (non-hydrogen) atoms. The Bertz CT molecular complexity index is 800. The molecule has 0 aliphatic carbocycles. The molecule has 0 aromatic carbocycles. The maximum atomic E-state index is 12.7. The van der Waals surface area contributed by atoms with Gasteiger partial charge in [0.25, 0.3) is 5.91 Å². The minimum absolute atomic E-state index is 0.158. The van der Waals surface area contributed by atoms with Crippen molar-refractivity contribution in [3.05, 3.63) is 36.3 Å². The van der Waals surface area contributed by atoms with E-state index in [0.717, 1.165) is 5.82 Å². The van der Waals surface area contributed by atoms with Crippen molar-refractivity contribution in [2.45, 2.75) is 12.1 Å². The fourth-order valence-corrected chi connectivity index (χ4v) is 3.05. The molecule has 1 amide bonds. The fraction of sp³-hybridized carbons (Fsp3) is 0.444. The molecule has 1 aliphatic heterocycles. The summed E-state index contributed by atoms with van der Waals surface area (Å²) in [6.45, 7) is 1.20. The van der Waals surface area contributed by atoms with Gasteiger partial charge in [-0.25, -0.2) is 4.98 Å². The second-order valence-electron chi connectivity index (χ2n) is 6.44. The number of pyridine rings is 1. The van der Waals surface area contributed by atoms with Crippen LogP contribution in [0, 0.1) is 0 Å². The lowest BCUT2D eigenvalue weighted by Crippen LogP contribution is -2.43. The molecule has 0 spiro atoms. The number of anilines is 2. The lowest BCUT2D eigenvalue weighted by Gasteiger charge is -2.19. The van der Waals surface area contributed by atoms with Crippen LogP contribution in [-0.2, 0) is 4.74 Å². The third-order valence-electron chi connectivity index (χ3n) is 4.48. The summed E-state index contributed by atoms with van der Waals surface area (Å²) in [5.41, 5.74) is 0.394. The Morgan fingerprint density at radius 1 is 1.26 bits per heavy atom. The van der Waals surface area contributed by atoms with Crippen LogP contribution in [0.1, 0.15) is 10.4 Å². The van der Waals surface area contributed by atoms with Crippen molar-refractivity contribution >= 4 is 17.7 Å². The maximum absolute atomic E-state index is 12.7. The van der Waals surface area contributed by atoms with Crippen LogP contribution in [0.25, 0.3) is 0 Å². The molecule has 0 saturated carbocycles. The molecule has 0 unspecified atom stereocenters. The quantitative estimate of drug-likeness (QED) is 0.787. The third kappa shape index (κ3) is 4.08. The zero-order valence-corrected chi connectivity index (χ0v) is 15.9. The van der Waals surface area contributed by atoms with Crippen molar-refractivity contribution in [1.82, 2.24) is 20.3 Å². The van der Waals surface area contributed by atoms with Gasteiger partial charge < -0.3 is 24.6 Å². The molecular formula is C18H24N6O3. The van der Waals surface area contributed by atoms with E-state index in [9.17, 15) is 4.79 Å². The highest BCUT2D eigenvalue weighted by Gasteiger charge is 2.35. The Balaban J connectivity index is 1.75. The molecule has 9 nitrogen and oxygen atoms in total. The van der Waals surface area contributed by atoms with Crippen molar-refractivity contribution < 1.29 is 14.3 Å². The van der Waals surface area contributed by atoms with Crippen molar-refractivity contribution in [1.29, 1.82) is 0 Å². The van der Waals surface area contributed by atoms with Gasteiger partial charge in [0, 0.05) is 52.9 Å². The summed E-state index contributed by atoms with van der Waals surface area (Å²) in [6.07, 6.45) is 4.65. The van der Waals surface area contributed by atoms with Gasteiger partial charge in [-0.2, -0.15) is 4.98 Å². The minimum atomic E-state index is -0.245. The topological polar surface area (TPSA) is 92.7 Å². The van der Waals surface area contributed by atoms with E-state index in [1.165, 1.54) is 13.3 Å². The highest BCUT2D eigenvalue weighted by atomic mass is 16.5. The van der Waals surface area contributed by atoms with Gasteiger partial charge in [-0.15, -0.1) is 0 Å². The Labute approximate surface area is 158 Å². The number of nitrogens with zero attached hydrogens (tertiary/aromatic N) is 5. The number of carbonyl (C=O) groups excluding carboxylic acids is 1. The van der Waals surface area contributed by atoms with Crippen molar-refractivity contribution in [3.8, 4) is 5.75 Å². The lowest BCUT2D eigenvalue weighted by atomic mass is 10.2. The molecule has 1 fully saturated rings. The van der Waals surface area contributed by atoms with Crippen LogP contribution in [0.5, 0.6) is 5.75 Å². The van der Waals surface area contributed by atoms with Crippen LogP contribution in [0.3, 0.4) is 0 Å². The first-order valence-electron chi connectivity index (χ1n) is 8.60. The van der Waals surface area contributed by atoms with Crippen molar-refractivity contribution in [3.63, 3.8) is 0 Å². The highest BCUT2D eigenvalue weighted by molar-refractivity contribution is 5.96. The van der Waals surface area contributed by atoms with E-state index >= 15 is 0 Å². The lowest BCUT2D eigenvalue weighted by molar-refractivity contribution is 0.0779. The average Bonchev–Trinajstić information content (AvgIpc) is 3.10. The van der Waals surface area contributed by atoms with Crippen molar-refractivity contribution in [2.75, 3.05) is 51.2 Å². The molecule has 9 heteroatoms. The zero-order valence-electron chi connectivity index (χ0n) is 15.9. The number of ether oxygens (including phenoxy) is 2. The van der Waals surface area contributed by atoms with E-state index in [-0.39, 0.29) is 18.1 Å². The number of hydrogen-bond donors (Lipinski definition) is 1. The third-order valence-corrected chi connectivity index (χ3v) is 4.48. The summed E-state index contributed by atoms with van der Waals surface area (Å²) in [5.74, 6) is 1.67. The first-order chi connectivity index (χ1) is 13.0. The normalized spacial score (nSPS) is 19.0. The summed E-state index contributed by atoms with van der Waals surface area (Å²) < 4.78 is 10.8. The predicted molar refractivity (Wildman–Crippen MR) is 101 cm³/mol. The molecule has 144 valence electrons. The van der Waals surface area contributed by atoms with E-state index in [1.807, 2.05) is 25.1 Å². The zero-order chi connectivity index (χ0) is 19.4. The predicted octanol–water partition coefficient (Wildman–Crippen LogP) is 0.580. The van der Waals surface area contributed by atoms with Crippen LogP contribution in [0.4, 0.5) is 11.8 Å². The number of aromatic nitrogens is 3. The van der Waals surface area contributed by atoms with Crippen LogP contribution in [0.15, 0.2) is 30.7 Å². The number of rotatable bonds is 6. The van der Waals surface area contributed by atoms with Crippen LogP contribution in [-0.4, -0.2) is 74.4 Å². The minimum Gasteiger partial charge on any atom is -0.496 e. The average molecular weight is 372 g/mol. The number of hydrogen-bond acceptors (Lipinski definition) is 8. The van der Waals surface area contributed by atoms with E-state index in [0.29, 0.717) is 30.4 Å². The number of methoxy groups -OCH3 is 2. The highest BCUT2D eigenvalue weighted by Crippen LogP contribution is 2.22. The van der Waals surface area contributed by atoms with Gasteiger partial charge >= 0.3 is 0 Å². The van der Waals surface area contributed by atoms with Gasteiger partial charge in [0.15, 0.2) is 0 Å². The van der Waals surface area contributed by atoms with Crippen LogP contribution >= 0.6 is 0 Å². The van der Waals surface area contributed by atoms with Gasteiger partial charge in [0.2, 0.25) is 5.95 Å². The van der Waals surface area contributed by atoms with E-state index in [2.05, 4.69) is 25.2 Å². The summed E-state index contributed by atoms with van der Waals surface area (Å²) in [4.78, 5) is 29.4. The Morgan fingerprint density at radius 2 is 2.07 bits per heavy atom. The first-order valence-corrected chi connectivity index (χ1v) is 8.60. The molecule has 3 rings (SSSR count). The monoisotopic (exact) mass is 372 g/mol. The first kappa shape index (κ1) is 18.8. The van der Waals surface area contributed by atoms with Crippen LogP contribution in [0.2, 0.25) is 0 Å². The molecule has 3 heterocycles. The second kappa shape index (κ2) is 8.17. The summed E-state index contributed by atoms with van der Waals surface area (Å²) in [7, 11) is 6.96. The summed E-state index contributed by atoms with van der Waals surface area (Å²) in [6, 6.07) is 3.33. The van der Waals surface area contributed by atoms with E-state index in [4.69, 9.17) is 9.47 Å². The van der Waals surface area contributed by atoms with Crippen molar-refractivity contribution in [2.24, 2.45) is 0 Å². The molecule has 1 N–H and O–H groups in total. The Kier molecular flexibility index (Phi) is 5.70. The van der Waals surface area contributed by atoms with E-state index < -0.39 is 0 Å². The molecule has 1 saturated heterocycles. The van der Waals surface area contributed by atoms with Gasteiger partial charge in [-0.05, 0) is 12.1 Å². The van der Waals surface area contributed by atoms with Gasteiger partial charge in [0.05, 0.1) is 24.8 Å². The molecule has 1 aliphatic rings. The molecular weight excluding hydrogens is 348 g/mol. The molecule has 2 aromatic heterocycles.